The zero-order valence-corrected chi connectivity index (χ0v) is 26.9. The van der Waals surface area contributed by atoms with E-state index in [-0.39, 0.29) is 28.9 Å². The van der Waals surface area contributed by atoms with Crippen molar-refractivity contribution in [2.75, 3.05) is 13.2 Å². The summed E-state index contributed by atoms with van der Waals surface area (Å²) in [5.41, 5.74) is 0.215. The van der Waals surface area contributed by atoms with Gasteiger partial charge in [-0.25, -0.2) is 0 Å². The Hall–Kier alpha value is -0.940. The predicted molar refractivity (Wildman–Crippen MR) is 167 cm³/mol. The Morgan fingerprint density at radius 1 is 0.902 bits per heavy atom. The minimum atomic E-state index is -0.189. The SMILES string of the molecule is CCCCCNC(=O)CCCCCCCCCCCOC1C[C@]2(C)C(O)CC[C@H]2[C@@H]2CCC3CC(=O)CC[C@]3(C)[C@H]12. The number of ether oxygens (including phenoxy) is 1. The fourth-order valence-electron chi connectivity index (χ4n) is 9.82. The highest BCUT2D eigenvalue weighted by Gasteiger charge is 2.63. The average molecular weight is 574 g/mol. The summed E-state index contributed by atoms with van der Waals surface area (Å²) in [6, 6.07) is 0. The number of nitrogens with one attached hydrogen (secondary N) is 1. The van der Waals surface area contributed by atoms with Crippen LogP contribution in [0.15, 0.2) is 0 Å². The first-order valence-corrected chi connectivity index (χ1v) is 17.9. The number of ketones is 1. The molecule has 1 amide bonds. The van der Waals surface area contributed by atoms with Gasteiger partial charge in [-0.05, 0) is 92.3 Å². The standard InChI is InChI=1S/C36H63NO4/c1-4-5-14-23-37-33(40)16-13-11-9-7-6-8-10-12-15-24-41-31-26-36(3)30(19-20-32(36)39)29-18-17-27-25-28(38)21-22-35(27,2)34(29)31/h27,29-32,34,39H,4-26H2,1-3H3,(H,37,40)/t27?,29-,30-,31?,32?,34-,35-,36-/m0/s1. The van der Waals surface area contributed by atoms with Crippen LogP contribution < -0.4 is 5.32 Å². The number of aliphatic hydroxyl groups is 1. The van der Waals surface area contributed by atoms with Crippen LogP contribution in [0.3, 0.4) is 0 Å². The minimum Gasteiger partial charge on any atom is -0.393 e. The van der Waals surface area contributed by atoms with Gasteiger partial charge in [0.25, 0.3) is 0 Å². The van der Waals surface area contributed by atoms with E-state index < -0.39 is 0 Å². The third kappa shape index (κ3) is 8.16. The van der Waals surface area contributed by atoms with Gasteiger partial charge in [0.15, 0.2) is 0 Å². The number of carbonyl (C=O) groups is 2. The maximum absolute atomic E-state index is 12.4. The maximum atomic E-state index is 12.4. The highest BCUT2D eigenvalue weighted by molar-refractivity contribution is 5.79. The lowest BCUT2D eigenvalue weighted by Gasteiger charge is -2.62. The van der Waals surface area contributed by atoms with Crippen LogP contribution in [0, 0.1) is 34.5 Å². The summed E-state index contributed by atoms with van der Waals surface area (Å²) in [6.07, 6.45) is 23.3. The molecule has 0 aromatic rings. The Kier molecular flexibility index (Phi) is 12.6. The number of Topliss-reactive ketones (excluding diaryl/α,β-unsaturated/α-hetero) is 1. The molecule has 3 unspecified atom stereocenters. The molecule has 5 heteroatoms. The van der Waals surface area contributed by atoms with E-state index in [9.17, 15) is 14.7 Å². The van der Waals surface area contributed by atoms with E-state index in [2.05, 4.69) is 26.1 Å². The van der Waals surface area contributed by atoms with Crippen LogP contribution in [0.5, 0.6) is 0 Å². The quantitative estimate of drug-likeness (QED) is 0.172. The number of carbonyl (C=O) groups excluding carboxylic acids is 2. The number of hydrogen-bond donors (Lipinski definition) is 2. The number of fused-ring (bicyclic) bond motifs is 5. The van der Waals surface area contributed by atoms with Crippen molar-refractivity contribution < 1.29 is 19.4 Å². The van der Waals surface area contributed by atoms with Crippen LogP contribution in [-0.4, -0.2) is 42.2 Å². The average Bonchev–Trinajstić information content (AvgIpc) is 3.25. The first-order chi connectivity index (χ1) is 19.8. The maximum Gasteiger partial charge on any atom is 0.219 e. The van der Waals surface area contributed by atoms with Crippen molar-refractivity contribution in [2.45, 2.75) is 168 Å². The molecule has 0 aliphatic heterocycles. The fraction of sp³-hybridized carbons (Fsp3) is 0.944. The normalized spacial score (nSPS) is 36.4. The van der Waals surface area contributed by atoms with E-state index >= 15 is 0 Å². The molecular formula is C36H63NO4. The largest absolute Gasteiger partial charge is 0.393 e. The van der Waals surface area contributed by atoms with E-state index in [1.165, 1.54) is 77.0 Å². The van der Waals surface area contributed by atoms with Crippen molar-refractivity contribution in [1.29, 1.82) is 0 Å². The van der Waals surface area contributed by atoms with Crippen LogP contribution in [0.25, 0.3) is 0 Å². The van der Waals surface area contributed by atoms with E-state index in [1.54, 1.807) is 0 Å². The summed E-state index contributed by atoms with van der Waals surface area (Å²) >= 11 is 0. The first kappa shape index (κ1) is 33.0. The van der Waals surface area contributed by atoms with Crippen molar-refractivity contribution in [3.8, 4) is 0 Å². The Morgan fingerprint density at radius 3 is 2.34 bits per heavy atom. The molecule has 8 atom stereocenters. The van der Waals surface area contributed by atoms with E-state index in [4.69, 9.17) is 4.74 Å². The molecule has 0 aromatic carbocycles. The summed E-state index contributed by atoms with van der Waals surface area (Å²) in [4.78, 5) is 24.2. The summed E-state index contributed by atoms with van der Waals surface area (Å²) < 4.78 is 6.81. The highest BCUT2D eigenvalue weighted by atomic mass is 16.5. The second-order valence-electron chi connectivity index (χ2n) is 15.0. The molecule has 5 nitrogen and oxygen atoms in total. The Labute approximate surface area is 251 Å². The molecular weight excluding hydrogens is 510 g/mol. The Bertz CT molecular complexity index is 830. The second-order valence-corrected chi connectivity index (χ2v) is 15.0. The zero-order chi connectivity index (χ0) is 29.3. The molecule has 4 aliphatic carbocycles. The molecule has 41 heavy (non-hydrogen) atoms. The van der Waals surface area contributed by atoms with Crippen molar-refractivity contribution >= 4 is 11.7 Å². The third-order valence-electron chi connectivity index (χ3n) is 12.3. The molecule has 0 bridgehead atoms. The monoisotopic (exact) mass is 573 g/mol. The van der Waals surface area contributed by atoms with Crippen LogP contribution in [0.4, 0.5) is 0 Å². The molecule has 0 saturated heterocycles. The fourth-order valence-corrected chi connectivity index (χ4v) is 9.82. The molecule has 0 spiro atoms. The lowest BCUT2D eigenvalue weighted by molar-refractivity contribution is -0.192. The van der Waals surface area contributed by atoms with Crippen molar-refractivity contribution in [1.82, 2.24) is 5.32 Å². The molecule has 4 saturated carbocycles. The van der Waals surface area contributed by atoms with E-state index in [0.29, 0.717) is 35.9 Å². The molecule has 4 fully saturated rings. The van der Waals surface area contributed by atoms with Gasteiger partial charge in [-0.1, -0.05) is 78.6 Å². The molecule has 2 N–H and O–H groups in total. The lowest BCUT2D eigenvalue weighted by atomic mass is 9.44. The molecule has 0 aromatic heterocycles. The van der Waals surface area contributed by atoms with Gasteiger partial charge in [0, 0.05) is 32.4 Å². The minimum absolute atomic E-state index is 0.00203. The molecule has 4 aliphatic rings. The summed E-state index contributed by atoms with van der Waals surface area (Å²) in [5, 5.41) is 14.1. The van der Waals surface area contributed by atoms with E-state index in [1.807, 2.05) is 0 Å². The van der Waals surface area contributed by atoms with E-state index in [0.717, 1.165) is 64.5 Å². The van der Waals surface area contributed by atoms with Gasteiger partial charge in [-0.15, -0.1) is 0 Å². The molecule has 0 heterocycles. The topological polar surface area (TPSA) is 75.6 Å². The lowest BCUT2D eigenvalue weighted by Crippen LogP contribution is -2.60. The molecule has 0 radical (unpaired) electrons. The summed E-state index contributed by atoms with van der Waals surface area (Å²) in [7, 11) is 0. The van der Waals surface area contributed by atoms with Crippen LogP contribution in [0.1, 0.15) is 156 Å². The molecule has 4 rings (SSSR count). The predicted octanol–water partition coefficient (Wildman–Crippen LogP) is 8.16. The first-order valence-electron chi connectivity index (χ1n) is 17.9. The van der Waals surface area contributed by atoms with Crippen molar-refractivity contribution in [2.24, 2.45) is 34.5 Å². The number of amides is 1. The zero-order valence-electron chi connectivity index (χ0n) is 26.9. The number of hydrogen-bond acceptors (Lipinski definition) is 4. The molecule has 236 valence electrons. The number of aliphatic hydroxyl groups excluding tert-OH is 1. The highest BCUT2D eigenvalue weighted by Crippen LogP contribution is 2.66. The van der Waals surface area contributed by atoms with Gasteiger partial charge >= 0.3 is 0 Å². The summed E-state index contributed by atoms with van der Waals surface area (Å²) in [5.74, 6) is 3.04. The van der Waals surface area contributed by atoms with Crippen LogP contribution >= 0.6 is 0 Å². The second kappa shape index (κ2) is 15.7. The van der Waals surface area contributed by atoms with Crippen molar-refractivity contribution in [3.05, 3.63) is 0 Å². The van der Waals surface area contributed by atoms with Crippen molar-refractivity contribution in [3.63, 3.8) is 0 Å². The Morgan fingerprint density at radius 2 is 1.61 bits per heavy atom. The number of unbranched alkanes of at least 4 members (excludes halogenated alkanes) is 10. The smallest absolute Gasteiger partial charge is 0.219 e. The van der Waals surface area contributed by atoms with Gasteiger partial charge in [-0.3, -0.25) is 9.59 Å². The van der Waals surface area contributed by atoms with Gasteiger partial charge < -0.3 is 15.2 Å². The Balaban J connectivity index is 1.12. The van der Waals surface area contributed by atoms with Gasteiger partial charge in [0.2, 0.25) is 5.91 Å². The van der Waals surface area contributed by atoms with Gasteiger partial charge in [-0.2, -0.15) is 0 Å². The third-order valence-corrected chi connectivity index (χ3v) is 12.3. The van der Waals surface area contributed by atoms with Crippen LogP contribution in [0.2, 0.25) is 0 Å². The van der Waals surface area contributed by atoms with Gasteiger partial charge in [0.05, 0.1) is 12.2 Å². The summed E-state index contributed by atoms with van der Waals surface area (Å²) in [6.45, 7) is 8.71. The number of rotatable bonds is 17. The van der Waals surface area contributed by atoms with Crippen LogP contribution in [-0.2, 0) is 14.3 Å². The van der Waals surface area contributed by atoms with Gasteiger partial charge in [0.1, 0.15) is 5.78 Å².